The van der Waals surface area contributed by atoms with Gasteiger partial charge in [0.1, 0.15) is 5.69 Å². The maximum absolute atomic E-state index is 12.2. The van der Waals surface area contributed by atoms with Gasteiger partial charge >= 0.3 is 12.0 Å². The van der Waals surface area contributed by atoms with Gasteiger partial charge in [0.2, 0.25) is 0 Å². The van der Waals surface area contributed by atoms with E-state index in [1.807, 2.05) is 6.92 Å². The van der Waals surface area contributed by atoms with Gasteiger partial charge in [-0.25, -0.2) is 9.59 Å². The summed E-state index contributed by atoms with van der Waals surface area (Å²) in [6, 6.07) is 1.15. The van der Waals surface area contributed by atoms with Crippen LogP contribution in [0.1, 0.15) is 23.1 Å². The molecule has 1 fully saturated rings. The molecular weight excluding hydrogens is 278 g/mol. The minimum atomic E-state index is -1.14. The zero-order chi connectivity index (χ0) is 15.6. The number of carbonyl (C=O) groups excluding carboxylic acids is 1. The van der Waals surface area contributed by atoms with Crippen molar-refractivity contribution in [2.75, 3.05) is 25.0 Å². The number of carbonyl (C=O) groups is 2. The Hall–Kier alpha value is -2.06. The summed E-state index contributed by atoms with van der Waals surface area (Å²) in [7, 11) is 0. The van der Waals surface area contributed by atoms with Crippen molar-refractivity contribution in [1.29, 1.82) is 0 Å². The van der Waals surface area contributed by atoms with E-state index in [-0.39, 0.29) is 30.6 Å². The molecule has 0 saturated carbocycles. The highest BCUT2D eigenvalue weighted by Gasteiger charge is 2.28. The molecule has 116 valence electrons. The molecule has 2 atom stereocenters. The third-order valence-electron chi connectivity index (χ3n) is 3.22. The number of rotatable bonds is 3. The normalized spacial score (nSPS) is 22.1. The van der Waals surface area contributed by atoms with Crippen molar-refractivity contribution in [3.8, 4) is 0 Å². The number of aromatic nitrogens is 1. The van der Waals surface area contributed by atoms with Crippen LogP contribution in [0.5, 0.6) is 0 Å². The monoisotopic (exact) mass is 297 g/mol. The van der Waals surface area contributed by atoms with Crippen LogP contribution in [0.3, 0.4) is 0 Å². The van der Waals surface area contributed by atoms with Crippen molar-refractivity contribution in [2.24, 2.45) is 0 Å². The van der Waals surface area contributed by atoms with Gasteiger partial charge in [0.05, 0.1) is 31.0 Å². The molecule has 0 aromatic carbocycles. The molecule has 4 N–H and O–H groups in total. The maximum atomic E-state index is 12.2. The average Bonchev–Trinajstić information content (AvgIpc) is 2.79. The summed E-state index contributed by atoms with van der Waals surface area (Å²) < 4.78 is 5.46. The Morgan fingerprint density at radius 1 is 1.52 bits per heavy atom. The zero-order valence-electron chi connectivity index (χ0n) is 11.9. The van der Waals surface area contributed by atoms with Crippen molar-refractivity contribution < 1.29 is 24.5 Å². The minimum Gasteiger partial charge on any atom is -0.477 e. The van der Waals surface area contributed by atoms with Gasteiger partial charge in [0.15, 0.2) is 0 Å². The average molecular weight is 297 g/mol. The molecule has 2 amide bonds. The number of aliphatic hydroxyl groups is 1. The molecular formula is C13H19N3O5. The minimum absolute atomic E-state index is 0.0548. The third kappa shape index (κ3) is 3.53. The molecule has 0 aliphatic carbocycles. The van der Waals surface area contributed by atoms with Crippen molar-refractivity contribution in [1.82, 2.24) is 9.88 Å². The van der Waals surface area contributed by atoms with E-state index in [0.29, 0.717) is 12.2 Å². The number of ether oxygens (including phenoxy) is 1. The summed E-state index contributed by atoms with van der Waals surface area (Å²) in [5.41, 5.74) is 0.817. The lowest BCUT2D eigenvalue weighted by molar-refractivity contribution is -0.0822. The number of hydrogen-bond donors (Lipinski definition) is 4. The zero-order valence-corrected chi connectivity index (χ0v) is 11.9. The number of nitrogens with zero attached hydrogens (tertiary/aromatic N) is 1. The molecule has 2 unspecified atom stereocenters. The van der Waals surface area contributed by atoms with Gasteiger partial charge in [-0.2, -0.15) is 0 Å². The molecule has 0 bridgehead atoms. The predicted molar refractivity (Wildman–Crippen MR) is 74.5 cm³/mol. The molecule has 1 aromatic rings. The Balaban J connectivity index is 2.09. The highest BCUT2D eigenvalue weighted by atomic mass is 16.5. The van der Waals surface area contributed by atoms with Crippen LogP contribution >= 0.6 is 0 Å². The molecule has 8 nitrogen and oxygen atoms in total. The van der Waals surface area contributed by atoms with Crippen molar-refractivity contribution in [3.05, 3.63) is 17.5 Å². The third-order valence-corrected chi connectivity index (χ3v) is 3.22. The number of nitrogens with one attached hydrogen (secondary N) is 2. The lowest BCUT2D eigenvalue weighted by atomic mass is 10.2. The summed E-state index contributed by atoms with van der Waals surface area (Å²) in [6.45, 7) is 4.00. The SMILES string of the molecule is Cc1cc(NC(=O)N2CC(C)OC(CO)C2)c(C(=O)O)[nH]1. The van der Waals surface area contributed by atoms with Gasteiger partial charge in [-0.15, -0.1) is 0 Å². The topological polar surface area (TPSA) is 115 Å². The van der Waals surface area contributed by atoms with Crippen LogP contribution in [0.15, 0.2) is 6.07 Å². The van der Waals surface area contributed by atoms with E-state index < -0.39 is 18.1 Å². The van der Waals surface area contributed by atoms with Crippen molar-refractivity contribution >= 4 is 17.7 Å². The van der Waals surface area contributed by atoms with Gasteiger partial charge in [0, 0.05) is 12.2 Å². The van der Waals surface area contributed by atoms with Crippen LogP contribution < -0.4 is 5.32 Å². The lowest BCUT2D eigenvalue weighted by Gasteiger charge is -2.35. The fourth-order valence-corrected chi connectivity index (χ4v) is 2.36. The van der Waals surface area contributed by atoms with E-state index in [1.165, 1.54) is 4.90 Å². The molecule has 8 heteroatoms. The van der Waals surface area contributed by atoms with Crippen molar-refractivity contribution in [2.45, 2.75) is 26.1 Å². The van der Waals surface area contributed by atoms with E-state index >= 15 is 0 Å². The van der Waals surface area contributed by atoms with Crippen LogP contribution in [-0.4, -0.2) is 64.0 Å². The second kappa shape index (κ2) is 6.15. The smallest absolute Gasteiger partial charge is 0.354 e. The first-order valence-electron chi connectivity index (χ1n) is 6.65. The molecule has 1 aliphatic heterocycles. The Bertz CT molecular complexity index is 542. The maximum Gasteiger partial charge on any atom is 0.354 e. The van der Waals surface area contributed by atoms with E-state index in [0.717, 1.165) is 0 Å². The second-order valence-electron chi connectivity index (χ2n) is 5.13. The number of carboxylic acid groups (broad SMARTS) is 1. The van der Waals surface area contributed by atoms with E-state index in [2.05, 4.69) is 10.3 Å². The molecule has 0 spiro atoms. The number of carboxylic acids is 1. The van der Waals surface area contributed by atoms with Gasteiger partial charge in [-0.1, -0.05) is 0 Å². The van der Waals surface area contributed by atoms with E-state index in [4.69, 9.17) is 14.9 Å². The first-order valence-corrected chi connectivity index (χ1v) is 6.65. The Morgan fingerprint density at radius 3 is 2.86 bits per heavy atom. The predicted octanol–water partition coefficient (Wildman–Crippen LogP) is 0.635. The fraction of sp³-hybridized carbons (Fsp3) is 0.538. The second-order valence-corrected chi connectivity index (χ2v) is 5.13. The van der Waals surface area contributed by atoms with Crippen LogP contribution in [0, 0.1) is 6.92 Å². The fourth-order valence-electron chi connectivity index (χ4n) is 2.36. The van der Waals surface area contributed by atoms with Gasteiger partial charge < -0.3 is 30.2 Å². The van der Waals surface area contributed by atoms with E-state index in [9.17, 15) is 9.59 Å². The number of H-pyrrole nitrogens is 1. The highest BCUT2D eigenvalue weighted by Crippen LogP contribution is 2.19. The molecule has 1 aliphatic rings. The number of aromatic carboxylic acids is 1. The van der Waals surface area contributed by atoms with Gasteiger partial charge in [0.25, 0.3) is 0 Å². The highest BCUT2D eigenvalue weighted by molar-refractivity contribution is 5.99. The molecule has 0 radical (unpaired) electrons. The van der Waals surface area contributed by atoms with Gasteiger partial charge in [-0.3, -0.25) is 0 Å². The van der Waals surface area contributed by atoms with Gasteiger partial charge in [-0.05, 0) is 19.9 Å². The first-order chi connectivity index (χ1) is 9.90. The van der Waals surface area contributed by atoms with Crippen LogP contribution in [0.4, 0.5) is 10.5 Å². The molecule has 2 heterocycles. The number of morpholine rings is 1. The summed E-state index contributed by atoms with van der Waals surface area (Å²) >= 11 is 0. The number of hydrogen-bond acceptors (Lipinski definition) is 4. The van der Waals surface area contributed by atoms with Crippen LogP contribution in [0.25, 0.3) is 0 Å². The number of aromatic amines is 1. The molecule has 21 heavy (non-hydrogen) atoms. The molecule has 1 saturated heterocycles. The Labute approximate surface area is 121 Å². The number of anilines is 1. The Morgan fingerprint density at radius 2 is 2.24 bits per heavy atom. The lowest BCUT2D eigenvalue weighted by Crippen LogP contribution is -2.51. The number of amides is 2. The standard InChI is InChI=1S/C13H19N3O5/c1-7-3-10(11(14-7)12(18)19)15-13(20)16-4-8(2)21-9(5-16)6-17/h3,8-9,14,17H,4-6H2,1-2H3,(H,15,20)(H,18,19). The number of urea groups is 1. The summed E-state index contributed by atoms with van der Waals surface area (Å²) in [6.07, 6.45) is -0.611. The largest absolute Gasteiger partial charge is 0.477 e. The molecule has 1 aromatic heterocycles. The van der Waals surface area contributed by atoms with Crippen molar-refractivity contribution in [3.63, 3.8) is 0 Å². The van der Waals surface area contributed by atoms with E-state index in [1.54, 1.807) is 13.0 Å². The summed E-state index contributed by atoms with van der Waals surface area (Å²) in [5, 5.41) is 20.8. The summed E-state index contributed by atoms with van der Waals surface area (Å²) in [5.74, 6) is -1.14. The Kier molecular flexibility index (Phi) is 4.49. The van der Waals surface area contributed by atoms with Crippen LogP contribution in [-0.2, 0) is 4.74 Å². The summed E-state index contributed by atoms with van der Waals surface area (Å²) in [4.78, 5) is 27.5. The first kappa shape index (κ1) is 15.3. The van der Waals surface area contributed by atoms with Crippen LogP contribution in [0.2, 0.25) is 0 Å². The number of aliphatic hydroxyl groups excluding tert-OH is 1. The molecule has 2 rings (SSSR count). The quantitative estimate of drug-likeness (QED) is 0.653. The number of aryl methyl sites for hydroxylation is 1.